The van der Waals surface area contributed by atoms with Crippen LogP contribution in [-0.4, -0.2) is 14.0 Å². The van der Waals surface area contributed by atoms with Gasteiger partial charge in [0.2, 0.25) is 0 Å². The summed E-state index contributed by atoms with van der Waals surface area (Å²) in [6.07, 6.45) is 0. The van der Waals surface area contributed by atoms with E-state index in [1.807, 2.05) is 24.3 Å². The molecular formula is C14H19ClOSi. The minimum absolute atomic E-state index is 0.704. The summed E-state index contributed by atoms with van der Waals surface area (Å²) in [5.41, 5.74) is 1.00. The van der Waals surface area contributed by atoms with Gasteiger partial charge in [-0.25, -0.2) is 4.79 Å². The van der Waals surface area contributed by atoms with Crippen molar-refractivity contribution in [3.8, 4) is 0 Å². The average Bonchev–Trinajstić information content (AvgIpc) is 2.38. The lowest BCUT2D eigenvalue weighted by atomic mass is 10.2. The van der Waals surface area contributed by atoms with Crippen LogP contribution in [0.25, 0.3) is 5.20 Å². The van der Waals surface area contributed by atoms with Gasteiger partial charge >= 0.3 is 0 Å². The van der Waals surface area contributed by atoms with Crippen molar-refractivity contribution in [2.45, 2.75) is 38.9 Å². The first kappa shape index (κ1) is 14.2. The van der Waals surface area contributed by atoms with E-state index in [4.69, 9.17) is 11.6 Å². The van der Waals surface area contributed by atoms with Crippen LogP contribution in [0.5, 0.6) is 0 Å². The molecule has 17 heavy (non-hydrogen) atoms. The van der Waals surface area contributed by atoms with Gasteiger partial charge in [0.15, 0.2) is 0 Å². The largest absolute Gasteiger partial charge is 0.234 e. The summed E-state index contributed by atoms with van der Waals surface area (Å²) in [7, 11) is -1.66. The second-order valence-corrected chi connectivity index (χ2v) is 9.94. The quantitative estimate of drug-likeness (QED) is 0.562. The Bertz CT molecular complexity index is 406. The molecule has 0 saturated carbocycles. The molecule has 3 heteroatoms. The van der Waals surface area contributed by atoms with Crippen LogP contribution in [0, 0.1) is 0 Å². The molecule has 0 radical (unpaired) electrons. The van der Waals surface area contributed by atoms with E-state index in [0.717, 1.165) is 28.9 Å². The third kappa shape index (κ3) is 2.89. The van der Waals surface area contributed by atoms with E-state index in [1.54, 1.807) is 0 Å². The Labute approximate surface area is 110 Å². The third-order valence-corrected chi connectivity index (χ3v) is 9.56. The standard InChI is InChI=1S/C14H19ClOSi/c1-4-17(5-2,6-3)14(11-16)12-7-9-13(15)10-8-12/h7-10H,4-6H2,1-3H3. The average molecular weight is 267 g/mol. The molecule has 0 fully saturated rings. The van der Waals surface area contributed by atoms with Crippen LogP contribution in [0.4, 0.5) is 0 Å². The Morgan fingerprint density at radius 1 is 1.12 bits per heavy atom. The molecule has 0 aliphatic carbocycles. The molecule has 0 amide bonds. The fraction of sp³-hybridized carbons (Fsp3) is 0.429. The first-order valence-electron chi connectivity index (χ1n) is 6.15. The topological polar surface area (TPSA) is 17.1 Å². The smallest absolute Gasteiger partial charge is 0.123 e. The predicted molar refractivity (Wildman–Crippen MR) is 77.7 cm³/mol. The molecule has 0 spiro atoms. The summed E-state index contributed by atoms with van der Waals surface area (Å²) in [5, 5.41) is 1.62. The first-order valence-corrected chi connectivity index (χ1v) is 9.15. The van der Waals surface area contributed by atoms with Crippen molar-refractivity contribution in [1.82, 2.24) is 0 Å². The maximum Gasteiger partial charge on any atom is 0.123 e. The van der Waals surface area contributed by atoms with E-state index >= 15 is 0 Å². The SMILES string of the molecule is CC[Si](CC)(CC)C(=C=O)c1ccc(Cl)cc1. The second kappa shape index (κ2) is 6.20. The van der Waals surface area contributed by atoms with Crippen molar-refractivity contribution in [3.05, 3.63) is 34.9 Å². The van der Waals surface area contributed by atoms with Crippen molar-refractivity contribution in [2.24, 2.45) is 0 Å². The van der Waals surface area contributed by atoms with E-state index in [2.05, 4.69) is 26.7 Å². The van der Waals surface area contributed by atoms with Gasteiger partial charge in [-0.3, -0.25) is 0 Å². The zero-order valence-electron chi connectivity index (χ0n) is 10.7. The van der Waals surface area contributed by atoms with Crippen LogP contribution in [0.1, 0.15) is 26.3 Å². The maximum atomic E-state index is 11.4. The predicted octanol–water partition coefficient (Wildman–Crippen LogP) is 4.60. The van der Waals surface area contributed by atoms with Gasteiger partial charge in [0.25, 0.3) is 0 Å². The molecule has 0 aliphatic heterocycles. The van der Waals surface area contributed by atoms with Gasteiger partial charge in [0, 0.05) is 10.2 Å². The van der Waals surface area contributed by atoms with Crippen molar-refractivity contribution in [2.75, 3.05) is 0 Å². The third-order valence-electron chi connectivity index (χ3n) is 3.80. The molecule has 1 nitrogen and oxygen atoms in total. The summed E-state index contributed by atoms with van der Waals surface area (Å²) in [5.74, 6) is 2.22. The van der Waals surface area contributed by atoms with Gasteiger partial charge in [0.05, 0.1) is 0 Å². The van der Waals surface area contributed by atoms with E-state index in [9.17, 15) is 4.79 Å². The Morgan fingerprint density at radius 2 is 1.59 bits per heavy atom. The molecule has 1 aromatic rings. The number of hydrogen-bond acceptors (Lipinski definition) is 1. The van der Waals surface area contributed by atoms with Gasteiger partial charge in [0.1, 0.15) is 14.0 Å². The van der Waals surface area contributed by atoms with Gasteiger partial charge < -0.3 is 0 Å². The molecule has 0 bridgehead atoms. The lowest BCUT2D eigenvalue weighted by molar-refractivity contribution is 0.570. The van der Waals surface area contributed by atoms with Crippen molar-refractivity contribution in [3.63, 3.8) is 0 Å². The van der Waals surface area contributed by atoms with Crippen molar-refractivity contribution in [1.29, 1.82) is 0 Å². The fourth-order valence-corrected chi connectivity index (χ4v) is 6.05. The molecule has 1 aromatic carbocycles. The monoisotopic (exact) mass is 266 g/mol. The van der Waals surface area contributed by atoms with Crippen LogP contribution in [0.2, 0.25) is 23.2 Å². The van der Waals surface area contributed by atoms with Crippen LogP contribution < -0.4 is 0 Å². The van der Waals surface area contributed by atoms with Crippen LogP contribution in [-0.2, 0) is 4.79 Å². The number of hydrogen-bond donors (Lipinski definition) is 0. The van der Waals surface area contributed by atoms with Gasteiger partial charge in [-0.05, 0) is 17.7 Å². The zero-order valence-corrected chi connectivity index (χ0v) is 12.5. The lowest BCUT2D eigenvalue weighted by Crippen LogP contribution is -2.34. The Hall–Kier alpha value is -0.823. The number of carbonyl (C=O) groups excluding carboxylic acids is 1. The van der Waals surface area contributed by atoms with E-state index in [0.29, 0.717) is 5.02 Å². The molecule has 0 atom stereocenters. The highest BCUT2D eigenvalue weighted by Crippen LogP contribution is 2.33. The van der Waals surface area contributed by atoms with Gasteiger partial charge in [-0.1, -0.05) is 62.6 Å². The van der Waals surface area contributed by atoms with E-state index in [-0.39, 0.29) is 0 Å². The summed E-state index contributed by atoms with van der Waals surface area (Å²) in [6, 6.07) is 10.8. The van der Waals surface area contributed by atoms with Crippen molar-refractivity contribution < 1.29 is 4.79 Å². The summed E-state index contributed by atoms with van der Waals surface area (Å²) < 4.78 is 0. The summed E-state index contributed by atoms with van der Waals surface area (Å²) in [6.45, 7) is 6.56. The number of halogens is 1. The van der Waals surface area contributed by atoms with Gasteiger partial charge in [-0.2, -0.15) is 0 Å². The van der Waals surface area contributed by atoms with Crippen LogP contribution >= 0.6 is 11.6 Å². The molecule has 1 rings (SSSR count). The Morgan fingerprint density at radius 3 is 1.94 bits per heavy atom. The van der Waals surface area contributed by atoms with E-state index < -0.39 is 8.07 Å². The minimum Gasteiger partial charge on any atom is -0.234 e. The zero-order chi connectivity index (χ0) is 12.9. The molecular weight excluding hydrogens is 248 g/mol. The first-order chi connectivity index (χ1) is 8.13. The lowest BCUT2D eigenvalue weighted by Gasteiger charge is -2.28. The molecule has 0 N–H and O–H groups in total. The molecule has 0 unspecified atom stereocenters. The molecule has 0 saturated heterocycles. The Kier molecular flexibility index (Phi) is 5.19. The highest BCUT2D eigenvalue weighted by molar-refractivity contribution is 6.98. The molecule has 0 heterocycles. The highest BCUT2D eigenvalue weighted by atomic mass is 35.5. The van der Waals surface area contributed by atoms with Crippen LogP contribution in [0.15, 0.2) is 24.3 Å². The Balaban J connectivity index is 3.24. The van der Waals surface area contributed by atoms with Gasteiger partial charge in [-0.15, -0.1) is 0 Å². The van der Waals surface area contributed by atoms with E-state index in [1.165, 1.54) is 0 Å². The molecule has 0 aliphatic rings. The van der Waals surface area contributed by atoms with Crippen LogP contribution in [0.3, 0.4) is 0 Å². The molecule has 92 valence electrons. The summed E-state index contributed by atoms with van der Waals surface area (Å²) >= 11 is 5.88. The minimum atomic E-state index is -1.66. The van der Waals surface area contributed by atoms with Crippen molar-refractivity contribution >= 4 is 30.8 Å². The summed E-state index contributed by atoms with van der Waals surface area (Å²) in [4.78, 5) is 11.4. The number of benzene rings is 1. The molecule has 0 aromatic heterocycles. The highest BCUT2D eigenvalue weighted by Gasteiger charge is 2.33. The fourth-order valence-electron chi connectivity index (χ4n) is 2.37. The normalized spacial score (nSPS) is 11.1. The maximum absolute atomic E-state index is 11.4. The second-order valence-electron chi connectivity index (χ2n) is 4.32. The number of rotatable bonds is 5.